The van der Waals surface area contributed by atoms with Crippen molar-refractivity contribution in [2.24, 2.45) is 0 Å². The van der Waals surface area contributed by atoms with Crippen molar-refractivity contribution in [1.29, 1.82) is 0 Å². The molecule has 150 valence electrons. The van der Waals surface area contributed by atoms with Gasteiger partial charge in [-0.1, -0.05) is 48.0 Å². The molecule has 7 heteroatoms. The van der Waals surface area contributed by atoms with Crippen LogP contribution in [0.3, 0.4) is 0 Å². The van der Waals surface area contributed by atoms with Crippen molar-refractivity contribution in [1.82, 2.24) is 10.4 Å². The summed E-state index contributed by atoms with van der Waals surface area (Å²) in [5.74, 6) is -0.0856. The Morgan fingerprint density at radius 3 is 2.25 bits per heavy atom. The van der Waals surface area contributed by atoms with E-state index in [0.29, 0.717) is 32.4 Å². The normalized spacial score (nSPS) is 17.2. The monoisotopic (exact) mass is 402 g/mol. The van der Waals surface area contributed by atoms with Crippen LogP contribution in [0.2, 0.25) is 0 Å². The molecule has 1 fully saturated rings. The molecular formula is C21H26N2O4S. The van der Waals surface area contributed by atoms with Crippen molar-refractivity contribution in [3.8, 4) is 0 Å². The van der Waals surface area contributed by atoms with Crippen molar-refractivity contribution in [3.05, 3.63) is 65.7 Å². The Balaban J connectivity index is 1.68. The van der Waals surface area contributed by atoms with Crippen molar-refractivity contribution in [2.45, 2.75) is 43.5 Å². The summed E-state index contributed by atoms with van der Waals surface area (Å²) in [6.45, 7) is 4.24. The first-order valence-corrected chi connectivity index (χ1v) is 10.8. The summed E-state index contributed by atoms with van der Waals surface area (Å²) in [5, 5.41) is 4.57. The van der Waals surface area contributed by atoms with Crippen LogP contribution in [-0.2, 0) is 25.6 Å². The summed E-state index contributed by atoms with van der Waals surface area (Å²) >= 11 is 0. The van der Waals surface area contributed by atoms with E-state index in [-0.39, 0.29) is 10.8 Å². The Kier molecular flexibility index (Phi) is 6.17. The minimum Gasteiger partial charge on any atom is -0.350 e. The van der Waals surface area contributed by atoms with E-state index in [1.165, 1.54) is 12.0 Å². The zero-order chi connectivity index (χ0) is 20.2. The van der Waals surface area contributed by atoms with Crippen molar-refractivity contribution < 1.29 is 17.5 Å². The van der Waals surface area contributed by atoms with E-state index < -0.39 is 15.7 Å². The zero-order valence-corrected chi connectivity index (χ0v) is 17.0. The fourth-order valence-corrected chi connectivity index (χ4v) is 4.56. The highest BCUT2D eigenvalue weighted by Crippen LogP contribution is 2.28. The van der Waals surface area contributed by atoms with E-state index in [9.17, 15) is 13.2 Å². The first kappa shape index (κ1) is 20.5. The molecule has 0 atom stereocenters. The topological polar surface area (TPSA) is 75.7 Å². The van der Waals surface area contributed by atoms with E-state index in [2.05, 4.69) is 5.32 Å². The molecule has 0 bridgehead atoms. The standard InChI is InChI=1S/C21H26N2O4S/c1-17-8-10-20(11-9-17)28(25,26)27-23-14-12-21(13-15-23,22-18(2)24)16-19-6-4-3-5-7-19/h3-11H,12-16H2,1-2H3,(H,22,24). The van der Waals surface area contributed by atoms with Crippen LogP contribution in [-0.4, -0.2) is 38.0 Å². The number of carbonyl (C=O) groups is 1. The van der Waals surface area contributed by atoms with Crippen LogP contribution < -0.4 is 5.32 Å². The molecule has 1 aliphatic rings. The Bertz CT molecular complexity index is 903. The summed E-state index contributed by atoms with van der Waals surface area (Å²) in [7, 11) is -3.86. The highest BCUT2D eigenvalue weighted by atomic mass is 32.2. The average molecular weight is 403 g/mol. The van der Waals surface area contributed by atoms with Gasteiger partial charge in [0.05, 0.1) is 4.90 Å². The van der Waals surface area contributed by atoms with E-state index in [1.54, 1.807) is 24.3 Å². The largest absolute Gasteiger partial charge is 0.350 e. The first-order valence-electron chi connectivity index (χ1n) is 9.37. The Morgan fingerprint density at radius 2 is 1.68 bits per heavy atom. The van der Waals surface area contributed by atoms with Gasteiger partial charge in [-0.15, -0.1) is 0 Å². The summed E-state index contributed by atoms with van der Waals surface area (Å²) in [6, 6.07) is 16.6. The Labute approximate surface area is 166 Å². The molecule has 1 amide bonds. The number of aryl methyl sites for hydroxylation is 1. The summed E-state index contributed by atoms with van der Waals surface area (Å²) in [6.07, 6.45) is 1.90. The first-order chi connectivity index (χ1) is 13.3. The predicted octanol–water partition coefficient (Wildman–Crippen LogP) is 2.83. The second-order valence-corrected chi connectivity index (χ2v) is 8.92. The van der Waals surface area contributed by atoms with E-state index in [1.807, 2.05) is 37.3 Å². The summed E-state index contributed by atoms with van der Waals surface area (Å²) < 4.78 is 30.4. The van der Waals surface area contributed by atoms with Crippen molar-refractivity contribution in [2.75, 3.05) is 13.1 Å². The van der Waals surface area contributed by atoms with Gasteiger partial charge in [-0.25, -0.2) is 0 Å². The van der Waals surface area contributed by atoms with Gasteiger partial charge < -0.3 is 5.32 Å². The van der Waals surface area contributed by atoms with Gasteiger partial charge in [0.2, 0.25) is 5.91 Å². The number of carbonyl (C=O) groups excluding carboxylic acids is 1. The molecule has 1 saturated heterocycles. The molecule has 0 unspecified atom stereocenters. The van der Waals surface area contributed by atoms with Gasteiger partial charge in [-0.2, -0.15) is 17.8 Å². The van der Waals surface area contributed by atoms with Crippen LogP contribution in [0.1, 0.15) is 30.9 Å². The highest BCUT2D eigenvalue weighted by molar-refractivity contribution is 7.86. The number of rotatable bonds is 6. The minimum absolute atomic E-state index is 0.0856. The smallest absolute Gasteiger partial charge is 0.313 e. The third kappa shape index (κ3) is 5.19. The van der Waals surface area contributed by atoms with Gasteiger partial charge in [0.1, 0.15) is 0 Å². The molecule has 0 aliphatic carbocycles. The van der Waals surface area contributed by atoms with Crippen LogP contribution in [0.25, 0.3) is 0 Å². The van der Waals surface area contributed by atoms with Crippen LogP contribution in [0.4, 0.5) is 0 Å². The third-order valence-corrected chi connectivity index (χ3v) is 6.28. The van der Waals surface area contributed by atoms with E-state index in [4.69, 9.17) is 4.28 Å². The molecular weight excluding hydrogens is 376 g/mol. The summed E-state index contributed by atoms with van der Waals surface area (Å²) in [5.41, 5.74) is 1.72. The van der Waals surface area contributed by atoms with Crippen LogP contribution >= 0.6 is 0 Å². The molecule has 0 spiro atoms. The van der Waals surface area contributed by atoms with Gasteiger partial charge in [0.15, 0.2) is 0 Å². The number of benzene rings is 2. The number of piperidine rings is 1. The van der Waals surface area contributed by atoms with Gasteiger partial charge in [-0.05, 0) is 43.9 Å². The lowest BCUT2D eigenvalue weighted by atomic mass is 9.82. The third-order valence-electron chi connectivity index (χ3n) is 5.02. The number of amides is 1. The minimum atomic E-state index is -3.86. The second kappa shape index (κ2) is 8.43. The number of nitrogens with one attached hydrogen (secondary N) is 1. The van der Waals surface area contributed by atoms with Gasteiger partial charge >= 0.3 is 10.1 Å². The lowest BCUT2D eigenvalue weighted by Crippen LogP contribution is -2.56. The molecule has 3 rings (SSSR count). The summed E-state index contributed by atoms with van der Waals surface area (Å²) in [4.78, 5) is 11.9. The Hall–Kier alpha value is -2.22. The maximum Gasteiger partial charge on any atom is 0.313 e. The quantitative estimate of drug-likeness (QED) is 0.804. The SMILES string of the molecule is CC(=O)NC1(Cc2ccccc2)CCN(OS(=O)(=O)c2ccc(C)cc2)CC1. The van der Waals surface area contributed by atoms with Crippen LogP contribution in [0.15, 0.2) is 59.5 Å². The van der Waals surface area contributed by atoms with E-state index in [0.717, 1.165) is 11.1 Å². The number of nitrogens with zero attached hydrogens (tertiary/aromatic N) is 1. The van der Waals surface area contributed by atoms with Gasteiger partial charge in [0.25, 0.3) is 0 Å². The predicted molar refractivity (Wildman–Crippen MR) is 107 cm³/mol. The number of hydrogen-bond donors (Lipinski definition) is 1. The lowest BCUT2D eigenvalue weighted by molar-refractivity contribution is -0.124. The van der Waals surface area contributed by atoms with Crippen molar-refractivity contribution >= 4 is 16.0 Å². The number of hydrogen-bond acceptors (Lipinski definition) is 5. The molecule has 0 aromatic heterocycles. The van der Waals surface area contributed by atoms with Gasteiger partial charge in [0, 0.05) is 25.6 Å². The molecule has 0 saturated carbocycles. The second-order valence-electron chi connectivity index (χ2n) is 7.39. The zero-order valence-electron chi connectivity index (χ0n) is 16.2. The fraction of sp³-hybridized carbons (Fsp3) is 0.381. The van der Waals surface area contributed by atoms with Crippen LogP contribution in [0.5, 0.6) is 0 Å². The molecule has 2 aromatic carbocycles. The fourth-order valence-electron chi connectivity index (χ4n) is 3.58. The molecule has 0 radical (unpaired) electrons. The maximum absolute atomic E-state index is 12.5. The molecule has 1 heterocycles. The Morgan fingerprint density at radius 1 is 1.07 bits per heavy atom. The molecule has 2 aromatic rings. The van der Waals surface area contributed by atoms with E-state index >= 15 is 0 Å². The highest BCUT2D eigenvalue weighted by Gasteiger charge is 2.37. The number of hydroxylamine groups is 2. The van der Waals surface area contributed by atoms with Crippen molar-refractivity contribution in [3.63, 3.8) is 0 Å². The maximum atomic E-state index is 12.5. The lowest BCUT2D eigenvalue weighted by Gasteiger charge is -2.41. The molecule has 1 N–H and O–H groups in total. The molecule has 28 heavy (non-hydrogen) atoms. The average Bonchev–Trinajstić information content (AvgIpc) is 2.64. The molecule has 1 aliphatic heterocycles. The van der Waals surface area contributed by atoms with Gasteiger partial charge in [-0.3, -0.25) is 4.79 Å². The van der Waals surface area contributed by atoms with Crippen LogP contribution in [0, 0.1) is 6.92 Å². The molecule has 6 nitrogen and oxygen atoms in total.